The lowest BCUT2D eigenvalue weighted by atomic mass is 10.1. The molecular formula is C13H27NO3. The molecule has 102 valence electrons. The van der Waals surface area contributed by atoms with Gasteiger partial charge in [0.1, 0.15) is 5.78 Å². The van der Waals surface area contributed by atoms with Crippen molar-refractivity contribution < 1.29 is 14.3 Å². The summed E-state index contributed by atoms with van der Waals surface area (Å²) in [5, 5.41) is 0. The average molecular weight is 245 g/mol. The number of Topliss-reactive ketones (excluding diaryl/α,β-unsaturated/α-hetero) is 1. The van der Waals surface area contributed by atoms with Crippen LogP contribution >= 0.6 is 0 Å². The molecule has 1 atom stereocenters. The topological polar surface area (TPSA) is 38.8 Å². The molecule has 0 radical (unpaired) electrons. The molecule has 0 fully saturated rings. The molecule has 0 bridgehead atoms. The maximum Gasteiger partial charge on any atom is 0.149 e. The normalized spacial score (nSPS) is 13.0. The van der Waals surface area contributed by atoms with E-state index < -0.39 is 0 Å². The smallest absolute Gasteiger partial charge is 0.149 e. The van der Waals surface area contributed by atoms with Gasteiger partial charge in [-0.25, -0.2) is 0 Å². The highest BCUT2D eigenvalue weighted by Crippen LogP contribution is 2.03. The van der Waals surface area contributed by atoms with E-state index in [0.717, 1.165) is 26.3 Å². The summed E-state index contributed by atoms with van der Waals surface area (Å²) in [6.07, 6.45) is 0.584. The third kappa shape index (κ3) is 7.47. The Kier molecular flexibility index (Phi) is 10.4. The van der Waals surface area contributed by atoms with E-state index in [1.54, 1.807) is 0 Å². The number of ether oxygens (including phenoxy) is 2. The van der Waals surface area contributed by atoms with Crippen LogP contribution < -0.4 is 0 Å². The predicted octanol–water partition coefficient (Wildman–Crippen LogP) is 1.73. The zero-order chi connectivity index (χ0) is 13.1. The molecule has 0 amide bonds. The van der Waals surface area contributed by atoms with Crippen LogP contribution in [0.15, 0.2) is 0 Å². The molecule has 0 aromatic heterocycles. The van der Waals surface area contributed by atoms with Crippen molar-refractivity contribution >= 4 is 5.78 Å². The number of ketones is 1. The SMILES string of the molecule is CCOCCN(CCOCC)C(C)C(=O)CC. The zero-order valence-electron chi connectivity index (χ0n) is 11.7. The molecule has 0 aliphatic rings. The quantitative estimate of drug-likeness (QED) is 0.520. The molecule has 17 heavy (non-hydrogen) atoms. The number of carbonyl (C=O) groups is 1. The summed E-state index contributed by atoms with van der Waals surface area (Å²) in [5.41, 5.74) is 0. The van der Waals surface area contributed by atoms with Crippen molar-refractivity contribution in [2.24, 2.45) is 0 Å². The first kappa shape index (κ1) is 16.6. The number of hydrogen-bond acceptors (Lipinski definition) is 4. The molecule has 1 unspecified atom stereocenters. The second kappa shape index (κ2) is 10.7. The van der Waals surface area contributed by atoms with Gasteiger partial charge in [0.15, 0.2) is 0 Å². The van der Waals surface area contributed by atoms with Crippen molar-refractivity contribution in [2.75, 3.05) is 39.5 Å². The highest BCUT2D eigenvalue weighted by molar-refractivity contribution is 5.83. The first-order valence-electron chi connectivity index (χ1n) is 6.59. The highest BCUT2D eigenvalue weighted by Gasteiger charge is 2.19. The monoisotopic (exact) mass is 245 g/mol. The van der Waals surface area contributed by atoms with Crippen molar-refractivity contribution in [1.29, 1.82) is 0 Å². The maximum atomic E-state index is 11.7. The number of nitrogens with zero attached hydrogens (tertiary/aromatic N) is 1. The highest BCUT2D eigenvalue weighted by atomic mass is 16.5. The van der Waals surface area contributed by atoms with Gasteiger partial charge in [-0.1, -0.05) is 6.92 Å². The van der Waals surface area contributed by atoms with Gasteiger partial charge in [0.2, 0.25) is 0 Å². The Morgan fingerprint density at radius 1 is 1.06 bits per heavy atom. The fourth-order valence-corrected chi connectivity index (χ4v) is 1.65. The van der Waals surface area contributed by atoms with Crippen molar-refractivity contribution in [3.05, 3.63) is 0 Å². The average Bonchev–Trinajstić information content (AvgIpc) is 2.35. The Balaban J connectivity index is 4.12. The molecule has 0 aromatic carbocycles. The second-order valence-electron chi connectivity index (χ2n) is 3.93. The van der Waals surface area contributed by atoms with E-state index >= 15 is 0 Å². The molecule has 0 spiro atoms. The van der Waals surface area contributed by atoms with Crippen molar-refractivity contribution in [1.82, 2.24) is 4.90 Å². The van der Waals surface area contributed by atoms with E-state index in [0.29, 0.717) is 19.6 Å². The summed E-state index contributed by atoms with van der Waals surface area (Å²) in [5.74, 6) is 0.276. The molecule has 0 saturated carbocycles. The van der Waals surface area contributed by atoms with Crippen LogP contribution in [0.1, 0.15) is 34.1 Å². The van der Waals surface area contributed by atoms with Crippen molar-refractivity contribution in [3.63, 3.8) is 0 Å². The summed E-state index contributed by atoms with van der Waals surface area (Å²) in [6.45, 7) is 12.2. The Morgan fingerprint density at radius 3 is 1.88 bits per heavy atom. The first-order chi connectivity index (χ1) is 8.17. The molecule has 0 aromatic rings. The minimum Gasteiger partial charge on any atom is -0.380 e. The molecule has 0 heterocycles. The molecule has 4 nitrogen and oxygen atoms in total. The van der Waals surface area contributed by atoms with E-state index in [-0.39, 0.29) is 11.8 Å². The summed E-state index contributed by atoms with van der Waals surface area (Å²) >= 11 is 0. The Bertz CT molecular complexity index is 187. The van der Waals surface area contributed by atoms with Crippen LogP contribution in [0.4, 0.5) is 0 Å². The third-order valence-electron chi connectivity index (χ3n) is 2.82. The number of hydrogen-bond donors (Lipinski definition) is 0. The first-order valence-corrected chi connectivity index (χ1v) is 6.59. The van der Waals surface area contributed by atoms with Gasteiger partial charge in [0.25, 0.3) is 0 Å². The third-order valence-corrected chi connectivity index (χ3v) is 2.82. The van der Waals surface area contributed by atoms with Gasteiger partial charge in [-0.3, -0.25) is 9.69 Å². The van der Waals surface area contributed by atoms with Crippen LogP contribution in [0.5, 0.6) is 0 Å². The van der Waals surface area contributed by atoms with E-state index in [1.165, 1.54) is 0 Å². The van der Waals surface area contributed by atoms with Gasteiger partial charge < -0.3 is 9.47 Å². The lowest BCUT2D eigenvalue weighted by Gasteiger charge is -2.27. The Hall–Kier alpha value is -0.450. The van der Waals surface area contributed by atoms with Gasteiger partial charge in [-0.05, 0) is 20.8 Å². The molecular weight excluding hydrogens is 218 g/mol. The van der Waals surface area contributed by atoms with Gasteiger partial charge in [0, 0.05) is 32.7 Å². The van der Waals surface area contributed by atoms with Crippen LogP contribution in [0, 0.1) is 0 Å². The standard InChI is InChI=1S/C13H27NO3/c1-5-13(15)12(4)14(8-10-16-6-2)9-11-17-7-3/h12H,5-11H2,1-4H3. The largest absolute Gasteiger partial charge is 0.380 e. The van der Waals surface area contributed by atoms with Gasteiger partial charge in [-0.2, -0.15) is 0 Å². The van der Waals surface area contributed by atoms with Gasteiger partial charge in [0.05, 0.1) is 19.3 Å². The predicted molar refractivity (Wildman–Crippen MR) is 69.3 cm³/mol. The van der Waals surface area contributed by atoms with E-state index in [9.17, 15) is 4.79 Å². The van der Waals surface area contributed by atoms with Crippen LogP contribution in [0.2, 0.25) is 0 Å². The fraction of sp³-hybridized carbons (Fsp3) is 0.923. The summed E-state index contributed by atoms with van der Waals surface area (Å²) in [7, 11) is 0. The molecule has 0 rings (SSSR count). The molecule has 0 saturated heterocycles. The maximum absolute atomic E-state index is 11.7. The summed E-state index contributed by atoms with van der Waals surface area (Å²) in [4.78, 5) is 13.8. The van der Waals surface area contributed by atoms with Crippen LogP contribution in [0.3, 0.4) is 0 Å². The molecule has 0 aliphatic heterocycles. The second-order valence-corrected chi connectivity index (χ2v) is 3.93. The minimum atomic E-state index is -0.0408. The van der Waals surface area contributed by atoms with E-state index in [2.05, 4.69) is 4.90 Å². The zero-order valence-corrected chi connectivity index (χ0v) is 11.7. The fourth-order valence-electron chi connectivity index (χ4n) is 1.65. The number of rotatable bonds is 11. The van der Waals surface area contributed by atoms with Gasteiger partial charge in [-0.15, -0.1) is 0 Å². The number of carbonyl (C=O) groups excluding carboxylic acids is 1. The summed E-state index contributed by atoms with van der Waals surface area (Å²) in [6, 6.07) is -0.0408. The molecule has 4 heteroatoms. The lowest BCUT2D eigenvalue weighted by molar-refractivity contribution is -0.124. The van der Waals surface area contributed by atoms with Crippen LogP contribution in [-0.4, -0.2) is 56.2 Å². The van der Waals surface area contributed by atoms with Crippen LogP contribution in [0.25, 0.3) is 0 Å². The van der Waals surface area contributed by atoms with Gasteiger partial charge >= 0.3 is 0 Å². The Labute approximate surface area is 105 Å². The van der Waals surface area contributed by atoms with E-state index in [1.807, 2.05) is 27.7 Å². The van der Waals surface area contributed by atoms with Crippen LogP contribution in [-0.2, 0) is 14.3 Å². The molecule has 0 N–H and O–H groups in total. The van der Waals surface area contributed by atoms with Crippen molar-refractivity contribution in [2.45, 2.75) is 40.2 Å². The summed E-state index contributed by atoms with van der Waals surface area (Å²) < 4.78 is 10.7. The van der Waals surface area contributed by atoms with E-state index in [4.69, 9.17) is 9.47 Å². The molecule has 0 aliphatic carbocycles. The lowest BCUT2D eigenvalue weighted by Crippen LogP contribution is -2.42. The minimum absolute atomic E-state index is 0.0408. The Morgan fingerprint density at radius 2 is 1.53 bits per heavy atom. The van der Waals surface area contributed by atoms with Crippen molar-refractivity contribution in [3.8, 4) is 0 Å².